The van der Waals surface area contributed by atoms with Crippen molar-refractivity contribution >= 4 is 0 Å². The second kappa shape index (κ2) is 5.22. The molecule has 1 atom stereocenters. The molecular formula is C14H25NO. The molecule has 2 rings (SSSR count). The first-order chi connectivity index (χ1) is 7.68. The van der Waals surface area contributed by atoms with Crippen molar-refractivity contribution in [3.8, 4) is 0 Å². The van der Waals surface area contributed by atoms with Gasteiger partial charge in [-0.2, -0.15) is 0 Å². The molecule has 2 aliphatic rings. The molecule has 0 spiro atoms. The van der Waals surface area contributed by atoms with Crippen molar-refractivity contribution in [2.24, 2.45) is 23.5 Å². The molecule has 1 aliphatic heterocycles. The number of nitrogens with two attached hydrogens (primary N) is 1. The van der Waals surface area contributed by atoms with Gasteiger partial charge in [0.15, 0.2) is 0 Å². The fraction of sp³-hybridized carbons (Fsp3) is 0.857. The third-order valence-corrected chi connectivity index (χ3v) is 4.33. The van der Waals surface area contributed by atoms with Crippen LogP contribution in [0.5, 0.6) is 0 Å². The summed E-state index contributed by atoms with van der Waals surface area (Å²) in [7, 11) is 0. The smallest absolute Gasteiger partial charge is 0.109 e. The fourth-order valence-electron chi connectivity index (χ4n) is 3.07. The van der Waals surface area contributed by atoms with Gasteiger partial charge in [-0.25, -0.2) is 0 Å². The summed E-state index contributed by atoms with van der Waals surface area (Å²) in [6, 6.07) is 0.163. The zero-order valence-electron chi connectivity index (χ0n) is 10.6. The first-order valence-corrected chi connectivity index (χ1v) is 6.77. The molecule has 2 heteroatoms. The van der Waals surface area contributed by atoms with E-state index in [9.17, 15) is 0 Å². The van der Waals surface area contributed by atoms with Gasteiger partial charge in [-0.1, -0.05) is 13.8 Å². The molecule has 2 nitrogen and oxygen atoms in total. The molecule has 1 fully saturated rings. The van der Waals surface area contributed by atoms with E-state index >= 15 is 0 Å². The Bertz CT molecular complexity index is 251. The number of hydrogen-bond donors (Lipinski definition) is 1. The van der Waals surface area contributed by atoms with Crippen LogP contribution in [0.3, 0.4) is 0 Å². The van der Waals surface area contributed by atoms with Gasteiger partial charge in [-0.05, 0) is 49.5 Å². The lowest BCUT2D eigenvalue weighted by Crippen LogP contribution is -2.35. The highest BCUT2D eigenvalue weighted by Gasteiger charge is 2.30. The molecule has 92 valence electrons. The van der Waals surface area contributed by atoms with Gasteiger partial charge in [0.05, 0.1) is 12.6 Å². The molecule has 1 aliphatic carbocycles. The van der Waals surface area contributed by atoms with E-state index in [1.54, 1.807) is 0 Å². The average Bonchev–Trinajstić information content (AvgIpc) is 2.81. The van der Waals surface area contributed by atoms with Crippen molar-refractivity contribution in [1.29, 1.82) is 0 Å². The molecule has 0 aromatic carbocycles. The predicted octanol–water partition coefficient (Wildman–Crippen LogP) is 3.08. The van der Waals surface area contributed by atoms with E-state index in [1.165, 1.54) is 25.7 Å². The molecule has 1 saturated carbocycles. The first-order valence-electron chi connectivity index (χ1n) is 6.77. The van der Waals surface area contributed by atoms with Gasteiger partial charge in [-0.3, -0.25) is 0 Å². The highest BCUT2D eigenvalue weighted by molar-refractivity contribution is 5.08. The maximum Gasteiger partial charge on any atom is 0.109 e. The topological polar surface area (TPSA) is 35.2 Å². The van der Waals surface area contributed by atoms with Crippen molar-refractivity contribution < 1.29 is 4.74 Å². The van der Waals surface area contributed by atoms with Crippen molar-refractivity contribution in [3.05, 3.63) is 11.8 Å². The summed E-state index contributed by atoms with van der Waals surface area (Å²) in [6.45, 7) is 5.52. The highest BCUT2D eigenvalue weighted by atomic mass is 16.5. The average molecular weight is 223 g/mol. The van der Waals surface area contributed by atoms with Crippen molar-refractivity contribution in [3.63, 3.8) is 0 Å². The van der Waals surface area contributed by atoms with Gasteiger partial charge in [0, 0.05) is 6.42 Å². The van der Waals surface area contributed by atoms with E-state index < -0.39 is 0 Å². The first kappa shape index (κ1) is 12.0. The van der Waals surface area contributed by atoms with E-state index in [-0.39, 0.29) is 6.04 Å². The molecule has 1 heterocycles. The zero-order valence-corrected chi connectivity index (χ0v) is 10.6. The molecular weight excluding hydrogens is 198 g/mol. The maximum atomic E-state index is 6.28. The Labute approximate surface area is 99.2 Å². The summed E-state index contributed by atoms with van der Waals surface area (Å²) in [5, 5.41) is 0. The van der Waals surface area contributed by atoms with Crippen LogP contribution in [0.15, 0.2) is 11.8 Å². The number of ether oxygens (including phenoxy) is 1. The standard InChI is InChI=1S/C14H25NO/c1-10(2)11-5-7-12(8-6-11)14(15)13-4-3-9-16-13/h4,10-12,14H,3,5-9,15H2,1-2H3. The van der Waals surface area contributed by atoms with E-state index in [1.807, 2.05) is 0 Å². The van der Waals surface area contributed by atoms with Gasteiger partial charge in [0.2, 0.25) is 0 Å². The molecule has 1 unspecified atom stereocenters. The third-order valence-electron chi connectivity index (χ3n) is 4.33. The monoisotopic (exact) mass is 223 g/mol. The molecule has 0 amide bonds. The Hall–Kier alpha value is -0.500. The third kappa shape index (κ3) is 2.60. The van der Waals surface area contributed by atoms with Gasteiger partial charge in [-0.15, -0.1) is 0 Å². The molecule has 0 saturated heterocycles. The second-order valence-electron chi connectivity index (χ2n) is 5.69. The second-order valence-corrected chi connectivity index (χ2v) is 5.69. The van der Waals surface area contributed by atoms with Crippen molar-refractivity contribution in [1.82, 2.24) is 0 Å². The molecule has 0 radical (unpaired) electrons. The Morgan fingerprint density at radius 1 is 1.19 bits per heavy atom. The Morgan fingerprint density at radius 3 is 2.31 bits per heavy atom. The van der Waals surface area contributed by atoms with Crippen LogP contribution in [-0.4, -0.2) is 12.6 Å². The summed E-state index contributed by atoms with van der Waals surface area (Å²) in [5.74, 6) is 3.47. The minimum Gasteiger partial charge on any atom is -0.496 e. The van der Waals surface area contributed by atoms with Gasteiger partial charge in [0.25, 0.3) is 0 Å². The van der Waals surface area contributed by atoms with E-state index in [0.717, 1.165) is 30.6 Å². The van der Waals surface area contributed by atoms with Crippen LogP contribution in [0.25, 0.3) is 0 Å². The lowest BCUT2D eigenvalue weighted by atomic mass is 9.74. The molecule has 0 aromatic rings. The van der Waals surface area contributed by atoms with Gasteiger partial charge in [0.1, 0.15) is 5.76 Å². The van der Waals surface area contributed by atoms with Crippen molar-refractivity contribution in [2.75, 3.05) is 6.61 Å². The maximum absolute atomic E-state index is 6.28. The van der Waals surface area contributed by atoms with Crippen LogP contribution >= 0.6 is 0 Å². The Balaban J connectivity index is 1.84. The van der Waals surface area contributed by atoms with Crippen molar-refractivity contribution in [2.45, 2.75) is 52.0 Å². The molecule has 2 N–H and O–H groups in total. The van der Waals surface area contributed by atoms with Crippen LogP contribution in [0.1, 0.15) is 46.0 Å². The minimum atomic E-state index is 0.163. The molecule has 16 heavy (non-hydrogen) atoms. The van der Waals surface area contributed by atoms with Crippen LogP contribution in [0, 0.1) is 17.8 Å². The van der Waals surface area contributed by atoms with Crippen LogP contribution in [0.2, 0.25) is 0 Å². The highest BCUT2D eigenvalue weighted by Crippen LogP contribution is 2.36. The predicted molar refractivity (Wildman–Crippen MR) is 66.9 cm³/mol. The molecule has 0 aromatic heterocycles. The van der Waals surface area contributed by atoms with E-state index in [2.05, 4.69) is 19.9 Å². The number of rotatable bonds is 3. The quantitative estimate of drug-likeness (QED) is 0.798. The van der Waals surface area contributed by atoms with Gasteiger partial charge < -0.3 is 10.5 Å². The van der Waals surface area contributed by atoms with Crippen LogP contribution in [0.4, 0.5) is 0 Å². The summed E-state index contributed by atoms with van der Waals surface area (Å²) in [6.07, 6.45) is 8.49. The SMILES string of the molecule is CC(C)C1CCC(C(N)C2=CCCO2)CC1. The Kier molecular flexibility index (Phi) is 3.91. The van der Waals surface area contributed by atoms with Crippen LogP contribution in [-0.2, 0) is 4.74 Å². The summed E-state index contributed by atoms with van der Waals surface area (Å²) >= 11 is 0. The Morgan fingerprint density at radius 2 is 1.81 bits per heavy atom. The van der Waals surface area contributed by atoms with Crippen LogP contribution < -0.4 is 5.73 Å². The summed E-state index contributed by atoms with van der Waals surface area (Å²) in [4.78, 5) is 0. The lowest BCUT2D eigenvalue weighted by molar-refractivity contribution is 0.166. The minimum absolute atomic E-state index is 0.163. The van der Waals surface area contributed by atoms with E-state index in [4.69, 9.17) is 10.5 Å². The summed E-state index contributed by atoms with van der Waals surface area (Å²) in [5.41, 5.74) is 6.28. The zero-order chi connectivity index (χ0) is 11.5. The van der Waals surface area contributed by atoms with Gasteiger partial charge >= 0.3 is 0 Å². The summed E-state index contributed by atoms with van der Waals surface area (Å²) < 4.78 is 5.58. The fourth-order valence-corrected chi connectivity index (χ4v) is 3.07. The molecule has 0 bridgehead atoms. The number of hydrogen-bond acceptors (Lipinski definition) is 2. The normalized spacial score (nSPS) is 32.4. The largest absolute Gasteiger partial charge is 0.496 e. The lowest BCUT2D eigenvalue weighted by Gasteiger charge is -2.34. The van der Waals surface area contributed by atoms with E-state index in [0.29, 0.717) is 5.92 Å².